The van der Waals surface area contributed by atoms with Crippen molar-refractivity contribution in [1.82, 2.24) is 10.1 Å². The lowest BCUT2D eigenvalue weighted by Gasteiger charge is -2.14. The van der Waals surface area contributed by atoms with E-state index in [1.54, 1.807) is 0 Å². The lowest BCUT2D eigenvalue weighted by molar-refractivity contribution is -0.114. The first-order valence-electron chi connectivity index (χ1n) is 8.33. The second-order valence-electron chi connectivity index (χ2n) is 6.39. The summed E-state index contributed by atoms with van der Waals surface area (Å²) < 4.78 is 5.38. The van der Waals surface area contributed by atoms with Crippen LogP contribution in [-0.4, -0.2) is 36.5 Å². The largest absolute Gasteiger partial charge is 0.361 e. The molecule has 1 unspecified atom stereocenters. The molecule has 0 amide bonds. The van der Waals surface area contributed by atoms with Gasteiger partial charge in [-0.05, 0) is 33.5 Å². The first kappa shape index (κ1) is 16.6. The van der Waals surface area contributed by atoms with Gasteiger partial charge in [0.15, 0.2) is 5.78 Å². The number of hydrogen-bond donors (Lipinski definition) is 0. The summed E-state index contributed by atoms with van der Waals surface area (Å²) in [4.78, 5) is 19.8. The molecular weight excluding hydrogens is 302 g/mol. The predicted octanol–water partition coefficient (Wildman–Crippen LogP) is 1.59. The Hall–Kier alpha value is -2.27. The number of carbonyl (C=O) groups is 1. The number of fused-ring (bicyclic) bond motifs is 1. The number of hydrogen-bond acceptors (Lipinski definition) is 5. The summed E-state index contributed by atoms with van der Waals surface area (Å²) in [6.07, 6.45) is 1.24. The SMILES string of the molecule is CCc1noc(C)c1C1N=c2ccccc2=C1C(=O)CCN(C)C. The van der Waals surface area contributed by atoms with Crippen molar-refractivity contribution in [1.29, 1.82) is 0 Å². The lowest BCUT2D eigenvalue weighted by Crippen LogP contribution is -2.26. The van der Waals surface area contributed by atoms with Crippen LogP contribution >= 0.6 is 0 Å². The molecule has 24 heavy (non-hydrogen) atoms. The third-order valence-corrected chi connectivity index (χ3v) is 4.41. The maximum atomic E-state index is 13.0. The highest BCUT2D eigenvalue weighted by Gasteiger charge is 2.31. The van der Waals surface area contributed by atoms with Crippen molar-refractivity contribution in [3.8, 4) is 0 Å². The first-order valence-corrected chi connectivity index (χ1v) is 8.33. The maximum absolute atomic E-state index is 13.0. The summed E-state index contributed by atoms with van der Waals surface area (Å²) in [5.74, 6) is 0.886. The molecule has 5 nitrogen and oxygen atoms in total. The van der Waals surface area contributed by atoms with Gasteiger partial charge in [-0.1, -0.05) is 30.3 Å². The zero-order valence-corrected chi connectivity index (χ0v) is 14.7. The van der Waals surface area contributed by atoms with Crippen LogP contribution in [0.1, 0.15) is 36.4 Å². The van der Waals surface area contributed by atoms with E-state index in [1.807, 2.05) is 57.1 Å². The molecule has 2 aromatic rings. The summed E-state index contributed by atoms with van der Waals surface area (Å²) in [6, 6.07) is 7.54. The van der Waals surface area contributed by atoms with E-state index in [-0.39, 0.29) is 11.8 Å². The van der Waals surface area contributed by atoms with Gasteiger partial charge in [-0.2, -0.15) is 0 Å². The normalized spacial score (nSPS) is 16.4. The van der Waals surface area contributed by atoms with Crippen LogP contribution in [0.4, 0.5) is 0 Å². The van der Waals surface area contributed by atoms with Crippen LogP contribution in [0.15, 0.2) is 33.8 Å². The van der Waals surface area contributed by atoms with Crippen molar-refractivity contribution >= 4 is 11.4 Å². The zero-order chi connectivity index (χ0) is 17.3. The molecule has 0 N–H and O–H groups in total. The van der Waals surface area contributed by atoms with Crippen LogP contribution in [-0.2, 0) is 11.2 Å². The van der Waals surface area contributed by atoms with Crippen LogP contribution in [0, 0.1) is 6.92 Å². The number of rotatable bonds is 6. The van der Waals surface area contributed by atoms with Crippen molar-refractivity contribution < 1.29 is 9.32 Å². The van der Waals surface area contributed by atoms with Crippen LogP contribution < -0.4 is 10.6 Å². The van der Waals surface area contributed by atoms with Gasteiger partial charge in [0, 0.05) is 29.3 Å². The molecule has 1 aliphatic heterocycles. The Bertz CT molecular complexity index is 880. The minimum absolute atomic E-state index is 0.144. The standard InChI is InChI=1S/C19H23N3O2/c1-5-14-17(12(2)24-21-14)19-18(16(23)10-11-22(3)4)13-8-6-7-9-15(13)20-19/h6-9,19H,5,10-11H2,1-4H3. The van der Waals surface area contributed by atoms with Gasteiger partial charge in [0.05, 0.1) is 11.1 Å². The van der Waals surface area contributed by atoms with Crippen molar-refractivity contribution in [2.75, 3.05) is 20.6 Å². The fourth-order valence-corrected chi connectivity index (χ4v) is 3.17. The molecule has 1 aromatic carbocycles. The summed E-state index contributed by atoms with van der Waals surface area (Å²) in [5.41, 5.74) is 2.60. The summed E-state index contributed by atoms with van der Waals surface area (Å²) in [6.45, 7) is 4.65. The number of aromatic nitrogens is 1. The van der Waals surface area contributed by atoms with E-state index in [0.717, 1.165) is 46.1 Å². The van der Waals surface area contributed by atoms with Gasteiger partial charge in [0.1, 0.15) is 11.8 Å². The molecule has 0 spiro atoms. The highest BCUT2D eigenvalue weighted by atomic mass is 16.5. The average Bonchev–Trinajstić information content (AvgIpc) is 3.12. The Labute approximate surface area is 141 Å². The molecule has 0 fully saturated rings. The summed E-state index contributed by atoms with van der Waals surface area (Å²) >= 11 is 0. The quantitative estimate of drug-likeness (QED) is 0.809. The smallest absolute Gasteiger partial charge is 0.163 e. The van der Waals surface area contributed by atoms with Gasteiger partial charge < -0.3 is 9.42 Å². The number of para-hydroxylation sites is 1. The molecule has 0 aliphatic carbocycles. The number of Topliss-reactive ketones (excluding diaryl/α,β-unsaturated/α-hetero) is 1. The molecule has 3 rings (SSSR count). The van der Waals surface area contributed by atoms with E-state index < -0.39 is 0 Å². The van der Waals surface area contributed by atoms with Gasteiger partial charge in [0.2, 0.25) is 0 Å². The Morgan fingerprint density at radius 3 is 2.75 bits per heavy atom. The van der Waals surface area contributed by atoms with Crippen LogP contribution in [0.3, 0.4) is 0 Å². The van der Waals surface area contributed by atoms with Crippen molar-refractivity contribution in [2.45, 2.75) is 32.7 Å². The molecule has 1 atom stereocenters. The summed E-state index contributed by atoms with van der Waals surface area (Å²) in [7, 11) is 3.95. The number of carbonyl (C=O) groups excluding carboxylic acids is 1. The maximum Gasteiger partial charge on any atom is 0.163 e. The van der Waals surface area contributed by atoms with Gasteiger partial charge in [0.25, 0.3) is 0 Å². The van der Waals surface area contributed by atoms with E-state index in [2.05, 4.69) is 5.16 Å². The Kier molecular flexibility index (Phi) is 4.62. The van der Waals surface area contributed by atoms with E-state index in [4.69, 9.17) is 9.52 Å². The first-order chi connectivity index (χ1) is 11.5. The molecule has 0 bridgehead atoms. The second kappa shape index (κ2) is 6.69. The minimum atomic E-state index is -0.307. The molecule has 126 valence electrons. The van der Waals surface area contributed by atoms with E-state index >= 15 is 0 Å². The van der Waals surface area contributed by atoms with Crippen molar-refractivity contribution in [3.63, 3.8) is 0 Å². The number of nitrogens with zero attached hydrogens (tertiary/aromatic N) is 3. The lowest BCUT2D eigenvalue weighted by atomic mass is 9.92. The molecule has 0 saturated heterocycles. The van der Waals surface area contributed by atoms with Gasteiger partial charge in [-0.25, -0.2) is 0 Å². The van der Waals surface area contributed by atoms with E-state index in [0.29, 0.717) is 6.42 Å². The number of ketones is 1. The second-order valence-corrected chi connectivity index (χ2v) is 6.39. The number of aryl methyl sites for hydroxylation is 2. The van der Waals surface area contributed by atoms with Gasteiger partial charge >= 0.3 is 0 Å². The van der Waals surface area contributed by atoms with Gasteiger partial charge in [-0.3, -0.25) is 9.79 Å². The fraction of sp³-hybridized carbons (Fsp3) is 0.421. The molecule has 2 heterocycles. The average molecular weight is 325 g/mol. The fourth-order valence-electron chi connectivity index (χ4n) is 3.17. The molecular formula is C19H23N3O2. The third kappa shape index (κ3) is 2.91. The van der Waals surface area contributed by atoms with E-state index in [1.165, 1.54) is 0 Å². The Balaban J connectivity index is 2.12. The zero-order valence-electron chi connectivity index (χ0n) is 14.7. The third-order valence-electron chi connectivity index (χ3n) is 4.41. The Morgan fingerprint density at radius 1 is 1.29 bits per heavy atom. The number of benzene rings is 1. The molecule has 5 heteroatoms. The molecule has 0 radical (unpaired) electrons. The van der Waals surface area contributed by atoms with Crippen molar-refractivity contribution in [2.24, 2.45) is 4.99 Å². The Morgan fingerprint density at radius 2 is 2.04 bits per heavy atom. The minimum Gasteiger partial charge on any atom is -0.361 e. The molecule has 0 saturated carbocycles. The van der Waals surface area contributed by atoms with Crippen molar-refractivity contribution in [3.05, 3.63) is 51.9 Å². The van der Waals surface area contributed by atoms with E-state index in [9.17, 15) is 4.79 Å². The van der Waals surface area contributed by atoms with Crippen LogP contribution in [0.2, 0.25) is 0 Å². The summed E-state index contributed by atoms with van der Waals surface area (Å²) in [5, 5.41) is 5.95. The predicted molar refractivity (Wildman–Crippen MR) is 92.2 cm³/mol. The highest BCUT2D eigenvalue weighted by Crippen LogP contribution is 2.33. The molecule has 1 aliphatic rings. The van der Waals surface area contributed by atoms with Crippen LogP contribution in [0.5, 0.6) is 0 Å². The molecule has 1 aromatic heterocycles. The monoisotopic (exact) mass is 325 g/mol. The topological polar surface area (TPSA) is 58.7 Å². The van der Waals surface area contributed by atoms with Crippen LogP contribution in [0.25, 0.3) is 5.57 Å². The highest BCUT2D eigenvalue weighted by molar-refractivity contribution is 6.17. The van der Waals surface area contributed by atoms with Gasteiger partial charge in [-0.15, -0.1) is 0 Å².